The average Bonchev–Trinajstić information content (AvgIpc) is 2.82. The Balaban J connectivity index is 1.74. The lowest BCUT2D eigenvalue weighted by molar-refractivity contribution is 0.410. The summed E-state index contributed by atoms with van der Waals surface area (Å²) in [7, 11) is 3.70. The van der Waals surface area contributed by atoms with E-state index in [0.717, 1.165) is 24.4 Å². The van der Waals surface area contributed by atoms with Crippen molar-refractivity contribution in [2.75, 3.05) is 7.11 Å². The van der Waals surface area contributed by atoms with Gasteiger partial charge in [0.15, 0.2) is 0 Å². The highest BCUT2D eigenvalue weighted by atomic mass is 16.5. The summed E-state index contributed by atoms with van der Waals surface area (Å²) in [4.78, 5) is 0. The van der Waals surface area contributed by atoms with Crippen LogP contribution in [0.1, 0.15) is 41.3 Å². The smallest absolute Gasteiger partial charge is 0.119 e. The Morgan fingerprint density at radius 3 is 3.00 bits per heavy atom. The molecule has 2 aromatic rings. The minimum absolute atomic E-state index is 0.430. The van der Waals surface area contributed by atoms with Crippen molar-refractivity contribution in [2.24, 2.45) is 7.05 Å². The fourth-order valence-corrected chi connectivity index (χ4v) is 3.19. The third-order valence-corrected chi connectivity index (χ3v) is 4.32. The summed E-state index contributed by atoms with van der Waals surface area (Å²) in [5.74, 6) is 0.956. The van der Waals surface area contributed by atoms with Crippen LogP contribution in [0.3, 0.4) is 0 Å². The zero-order valence-electron chi connectivity index (χ0n) is 13.0. The first kappa shape index (κ1) is 14.1. The van der Waals surface area contributed by atoms with Crippen molar-refractivity contribution in [3.05, 3.63) is 46.8 Å². The molecule has 1 aliphatic carbocycles. The number of fused-ring (bicyclic) bond motifs is 1. The van der Waals surface area contributed by atoms with Crippen LogP contribution < -0.4 is 10.1 Å². The molecule has 4 nitrogen and oxygen atoms in total. The van der Waals surface area contributed by atoms with Crippen LogP contribution in [0.4, 0.5) is 0 Å². The molecule has 4 heteroatoms. The SMILES string of the molecule is COc1ccc2c(c1)CCCC2NCc1cn(C)nc1C. The van der Waals surface area contributed by atoms with Crippen LogP contribution in [0.5, 0.6) is 5.75 Å². The van der Waals surface area contributed by atoms with E-state index in [1.54, 1.807) is 7.11 Å². The molecule has 0 amide bonds. The van der Waals surface area contributed by atoms with Gasteiger partial charge in [0.1, 0.15) is 5.75 Å². The van der Waals surface area contributed by atoms with Crippen molar-refractivity contribution in [3.63, 3.8) is 0 Å². The first-order valence-electron chi connectivity index (χ1n) is 7.56. The maximum Gasteiger partial charge on any atom is 0.119 e. The van der Waals surface area contributed by atoms with E-state index in [-0.39, 0.29) is 0 Å². The summed E-state index contributed by atoms with van der Waals surface area (Å²) >= 11 is 0. The highest BCUT2D eigenvalue weighted by Crippen LogP contribution is 2.32. The third kappa shape index (κ3) is 2.95. The highest BCUT2D eigenvalue weighted by molar-refractivity contribution is 5.39. The molecule has 21 heavy (non-hydrogen) atoms. The molecule has 112 valence electrons. The summed E-state index contributed by atoms with van der Waals surface area (Å²) < 4.78 is 7.21. The number of hydrogen-bond acceptors (Lipinski definition) is 3. The van der Waals surface area contributed by atoms with Gasteiger partial charge >= 0.3 is 0 Å². The van der Waals surface area contributed by atoms with E-state index in [2.05, 4.69) is 41.7 Å². The Labute approximate surface area is 126 Å². The zero-order valence-corrected chi connectivity index (χ0v) is 13.0. The van der Waals surface area contributed by atoms with Gasteiger partial charge in [0.25, 0.3) is 0 Å². The quantitative estimate of drug-likeness (QED) is 0.939. The minimum Gasteiger partial charge on any atom is -0.497 e. The molecular weight excluding hydrogens is 262 g/mol. The van der Waals surface area contributed by atoms with Gasteiger partial charge in [0.2, 0.25) is 0 Å². The molecule has 0 saturated carbocycles. The van der Waals surface area contributed by atoms with Gasteiger partial charge in [-0.3, -0.25) is 4.68 Å². The monoisotopic (exact) mass is 285 g/mol. The molecule has 0 spiro atoms. The van der Waals surface area contributed by atoms with Crippen LogP contribution >= 0.6 is 0 Å². The van der Waals surface area contributed by atoms with Crippen molar-refractivity contribution in [2.45, 2.75) is 38.8 Å². The molecule has 0 bridgehead atoms. The van der Waals surface area contributed by atoms with Crippen molar-refractivity contribution >= 4 is 0 Å². The van der Waals surface area contributed by atoms with Crippen LogP contribution in [-0.4, -0.2) is 16.9 Å². The van der Waals surface area contributed by atoms with Gasteiger partial charge in [0.05, 0.1) is 12.8 Å². The van der Waals surface area contributed by atoms with Crippen LogP contribution in [0.2, 0.25) is 0 Å². The number of rotatable bonds is 4. The summed E-state index contributed by atoms with van der Waals surface area (Å²) in [5.41, 5.74) is 5.22. The van der Waals surface area contributed by atoms with E-state index in [4.69, 9.17) is 4.74 Å². The molecule has 1 aliphatic rings. The lowest BCUT2D eigenvalue weighted by Crippen LogP contribution is -2.25. The summed E-state index contributed by atoms with van der Waals surface area (Å²) in [5, 5.41) is 8.09. The van der Waals surface area contributed by atoms with Crippen molar-refractivity contribution in [3.8, 4) is 5.75 Å². The third-order valence-electron chi connectivity index (χ3n) is 4.32. The summed E-state index contributed by atoms with van der Waals surface area (Å²) in [6, 6.07) is 6.88. The second-order valence-electron chi connectivity index (χ2n) is 5.80. The van der Waals surface area contributed by atoms with Gasteiger partial charge in [-0.15, -0.1) is 0 Å². The minimum atomic E-state index is 0.430. The van der Waals surface area contributed by atoms with E-state index < -0.39 is 0 Å². The van der Waals surface area contributed by atoms with E-state index in [1.165, 1.54) is 29.5 Å². The standard InChI is InChI=1S/C17H23N3O/c1-12-14(11-20(2)19-12)10-18-17-6-4-5-13-9-15(21-3)7-8-16(13)17/h7-9,11,17-18H,4-6,10H2,1-3H3. The van der Waals surface area contributed by atoms with E-state index in [9.17, 15) is 0 Å². The number of nitrogens with zero attached hydrogens (tertiary/aromatic N) is 2. The second kappa shape index (κ2) is 5.90. The fourth-order valence-electron chi connectivity index (χ4n) is 3.19. The van der Waals surface area contributed by atoms with E-state index in [1.807, 2.05) is 11.7 Å². The molecule has 3 rings (SSSR count). The van der Waals surface area contributed by atoms with Crippen LogP contribution in [-0.2, 0) is 20.0 Å². The largest absolute Gasteiger partial charge is 0.497 e. The van der Waals surface area contributed by atoms with E-state index in [0.29, 0.717) is 6.04 Å². The lowest BCUT2D eigenvalue weighted by Gasteiger charge is -2.27. The van der Waals surface area contributed by atoms with Crippen molar-refractivity contribution < 1.29 is 4.74 Å². The number of nitrogens with one attached hydrogen (secondary N) is 1. The maximum atomic E-state index is 5.33. The van der Waals surface area contributed by atoms with Gasteiger partial charge in [-0.1, -0.05) is 6.07 Å². The number of aryl methyl sites for hydroxylation is 3. The summed E-state index contributed by atoms with van der Waals surface area (Å²) in [6.45, 7) is 2.94. The predicted octanol–water partition coefficient (Wildman–Crippen LogP) is 2.90. The first-order valence-corrected chi connectivity index (χ1v) is 7.56. The molecule has 1 atom stereocenters. The molecule has 0 radical (unpaired) electrons. The van der Waals surface area contributed by atoms with Gasteiger partial charge in [-0.25, -0.2) is 0 Å². The predicted molar refractivity (Wildman–Crippen MR) is 83.5 cm³/mol. The number of hydrogen-bond donors (Lipinski definition) is 1. The molecule has 1 aromatic carbocycles. The first-order chi connectivity index (χ1) is 10.2. The van der Waals surface area contributed by atoms with Gasteiger partial charge < -0.3 is 10.1 Å². The maximum absolute atomic E-state index is 5.33. The Bertz CT molecular complexity index is 633. The Hall–Kier alpha value is -1.81. The highest BCUT2D eigenvalue weighted by Gasteiger charge is 2.20. The summed E-state index contributed by atoms with van der Waals surface area (Å²) in [6.07, 6.45) is 5.67. The molecule has 0 fully saturated rings. The molecular formula is C17H23N3O. The van der Waals surface area contributed by atoms with Crippen LogP contribution in [0.25, 0.3) is 0 Å². The molecule has 1 aromatic heterocycles. The van der Waals surface area contributed by atoms with Gasteiger partial charge in [0, 0.05) is 31.4 Å². The number of ether oxygens (including phenoxy) is 1. The molecule has 0 aliphatic heterocycles. The lowest BCUT2D eigenvalue weighted by atomic mass is 9.87. The van der Waals surface area contributed by atoms with E-state index >= 15 is 0 Å². The molecule has 1 heterocycles. The van der Waals surface area contributed by atoms with Crippen molar-refractivity contribution in [1.82, 2.24) is 15.1 Å². The van der Waals surface area contributed by atoms with Crippen LogP contribution in [0, 0.1) is 6.92 Å². The number of benzene rings is 1. The second-order valence-corrected chi connectivity index (χ2v) is 5.80. The Morgan fingerprint density at radius 1 is 1.43 bits per heavy atom. The normalized spacial score (nSPS) is 17.6. The van der Waals surface area contributed by atoms with Gasteiger partial charge in [-0.05, 0) is 49.4 Å². The fraction of sp³-hybridized carbons (Fsp3) is 0.471. The van der Waals surface area contributed by atoms with Crippen molar-refractivity contribution in [1.29, 1.82) is 0 Å². The topological polar surface area (TPSA) is 39.1 Å². The van der Waals surface area contributed by atoms with Gasteiger partial charge in [-0.2, -0.15) is 5.10 Å². The Morgan fingerprint density at radius 2 is 2.29 bits per heavy atom. The molecule has 1 N–H and O–H groups in total. The number of aromatic nitrogens is 2. The molecule has 1 unspecified atom stereocenters. The molecule has 0 saturated heterocycles. The van der Waals surface area contributed by atoms with Crippen LogP contribution in [0.15, 0.2) is 24.4 Å². The average molecular weight is 285 g/mol. The zero-order chi connectivity index (χ0) is 14.8. The Kier molecular flexibility index (Phi) is 3.97. The number of methoxy groups -OCH3 is 1.